The monoisotopic (exact) mass is 239 g/mol. The first-order valence-corrected chi connectivity index (χ1v) is 7.48. The normalized spacial score (nSPS) is 22.6. The van der Waals surface area contributed by atoms with Crippen LogP contribution >= 0.6 is 0 Å². The third-order valence-electron chi connectivity index (χ3n) is 4.02. The summed E-state index contributed by atoms with van der Waals surface area (Å²) in [6.45, 7) is 2.37. The first-order valence-electron chi connectivity index (χ1n) is 7.48. The summed E-state index contributed by atoms with van der Waals surface area (Å²) >= 11 is 0. The fourth-order valence-electron chi connectivity index (χ4n) is 2.57. The molecule has 0 heterocycles. The molecule has 2 N–H and O–H groups in total. The molecule has 0 bridgehead atoms. The van der Waals surface area contributed by atoms with E-state index in [2.05, 4.69) is 6.92 Å². The quantitative estimate of drug-likeness (QED) is 0.543. The standard InChI is InChI=1S/C15H29NO/c1-13-12-14(13)10-8-6-4-2-3-5-7-9-11-15(16)17/h13-14H,2-12H2,1H3,(H2,16,17). The van der Waals surface area contributed by atoms with E-state index in [0.29, 0.717) is 6.42 Å². The van der Waals surface area contributed by atoms with Crippen LogP contribution < -0.4 is 5.73 Å². The zero-order chi connectivity index (χ0) is 12.5. The molecule has 0 radical (unpaired) electrons. The second-order valence-electron chi connectivity index (χ2n) is 5.81. The smallest absolute Gasteiger partial charge is 0.217 e. The van der Waals surface area contributed by atoms with Crippen LogP contribution in [0.15, 0.2) is 0 Å². The van der Waals surface area contributed by atoms with Crippen molar-refractivity contribution in [3.63, 3.8) is 0 Å². The van der Waals surface area contributed by atoms with E-state index in [1.165, 1.54) is 57.8 Å². The summed E-state index contributed by atoms with van der Waals surface area (Å²) in [5.41, 5.74) is 5.09. The topological polar surface area (TPSA) is 43.1 Å². The van der Waals surface area contributed by atoms with E-state index in [-0.39, 0.29) is 5.91 Å². The van der Waals surface area contributed by atoms with Crippen molar-refractivity contribution in [2.24, 2.45) is 17.6 Å². The van der Waals surface area contributed by atoms with Gasteiger partial charge in [-0.1, -0.05) is 58.3 Å². The fourth-order valence-corrected chi connectivity index (χ4v) is 2.57. The Morgan fingerprint density at radius 3 is 1.94 bits per heavy atom. The van der Waals surface area contributed by atoms with Gasteiger partial charge in [-0.2, -0.15) is 0 Å². The SMILES string of the molecule is CC1CC1CCCCCCCCCCC(N)=O. The molecule has 0 aliphatic heterocycles. The summed E-state index contributed by atoms with van der Waals surface area (Å²) in [5, 5.41) is 0. The van der Waals surface area contributed by atoms with Crippen molar-refractivity contribution in [2.75, 3.05) is 0 Å². The third kappa shape index (κ3) is 8.23. The van der Waals surface area contributed by atoms with E-state index in [0.717, 1.165) is 18.3 Å². The maximum absolute atomic E-state index is 10.5. The van der Waals surface area contributed by atoms with Crippen LogP contribution in [0.5, 0.6) is 0 Å². The van der Waals surface area contributed by atoms with Crippen molar-refractivity contribution in [3.8, 4) is 0 Å². The van der Waals surface area contributed by atoms with Crippen molar-refractivity contribution in [1.82, 2.24) is 0 Å². The molecule has 1 saturated carbocycles. The van der Waals surface area contributed by atoms with Crippen molar-refractivity contribution in [3.05, 3.63) is 0 Å². The lowest BCUT2D eigenvalue weighted by molar-refractivity contribution is -0.118. The molecule has 0 aromatic rings. The number of hydrogen-bond acceptors (Lipinski definition) is 1. The van der Waals surface area contributed by atoms with Gasteiger partial charge in [-0.25, -0.2) is 0 Å². The highest BCUT2D eigenvalue weighted by Crippen LogP contribution is 2.41. The molecule has 0 aromatic heterocycles. The summed E-state index contributed by atoms with van der Waals surface area (Å²) in [6.07, 6.45) is 13.9. The van der Waals surface area contributed by atoms with E-state index >= 15 is 0 Å². The number of carbonyl (C=O) groups is 1. The summed E-state index contributed by atoms with van der Waals surface area (Å²) < 4.78 is 0. The Hall–Kier alpha value is -0.530. The summed E-state index contributed by atoms with van der Waals surface area (Å²) in [7, 11) is 0. The van der Waals surface area contributed by atoms with Gasteiger partial charge in [-0.3, -0.25) is 4.79 Å². The number of nitrogens with two attached hydrogens (primary N) is 1. The Kier molecular flexibility index (Phi) is 7.30. The van der Waals surface area contributed by atoms with Gasteiger partial charge in [0.15, 0.2) is 0 Å². The minimum Gasteiger partial charge on any atom is -0.370 e. The lowest BCUT2D eigenvalue weighted by Gasteiger charge is -2.01. The Morgan fingerprint density at radius 2 is 1.47 bits per heavy atom. The van der Waals surface area contributed by atoms with Crippen LogP contribution in [-0.2, 0) is 4.79 Å². The molecule has 1 aliphatic carbocycles. The number of primary amides is 1. The zero-order valence-electron chi connectivity index (χ0n) is 11.4. The summed E-state index contributed by atoms with van der Waals surface area (Å²) in [5.74, 6) is 1.95. The van der Waals surface area contributed by atoms with Crippen LogP contribution in [-0.4, -0.2) is 5.91 Å². The molecule has 2 nitrogen and oxygen atoms in total. The van der Waals surface area contributed by atoms with Gasteiger partial charge in [0, 0.05) is 6.42 Å². The lowest BCUT2D eigenvalue weighted by atomic mass is 10.0. The van der Waals surface area contributed by atoms with Crippen LogP contribution in [0.1, 0.15) is 77.6 Å². The van der Waals surface area contributed by atoms with Gasteiger partial charge < -0.3 is 5.73 Å². The van der Waals surface area contributed by atoms with Gasteiger partial charge in [-0.15, -0.1) is 0 Å². The largest absolute Gasteiger partial charge is 0.370 e. The second-order valence-corrected chi connectivity index (χ2v) is 5.81. The molecule has 1 rings (SSSR count). The zero-order valence-corrected chi connectivity index (χ0v) is 11.4. The van der Waals surface area contributed by atoms with Crippen LogP contribution in [0.3, 0.4) is 0 Å². The van der Waals surface area contributed by atoms with E-state index in [9.17, 15) is 4.79 Å². The van der Waals surface area contributed by atoms with Gasteiger partial charge in [0.2, 0.25) is 5.91 Å². The minimum atomic E-state index is -0.153. The molecule has 1 aliphatic rings. The van der Waals surface area contributed by atoms with E-state index in [1.807, 2.05) is 0 Å². The Labute approximate surface area is 106 Å². The maximum Gasteiger partial charge on any atom is 0.217 e. The molecule has 1 amide bonds. The maximum atomic E-state index is 10.5. The van der Waals surface area contributed by atoms with E-state index < -0.39 is 0 Å². The molecule has 0 saturated heterocycles. The average molecular weight is 239 g/mol. The van der Waals surface area contributed by atoms with Crippen molar-refractivity contribution in [1.29, 1.82) is 0 Å². The van der Waals surface area contributed by atoms with Gasteiger partial charge in [0.05, 0.1) is 0 Å². The number of carbonyl (C=O) groups excluding carboxylic acids is 1. The molecule has 0 aromatic carbocycles. The van der Waals surface area contributed by atoms with Crippen molar-refractivity contribution < 1.29 is 4.79 Å². The van der Waals surface area contributed by atoms with Crippen LogP contribution in [0, 0.1) is 11.8 Å². The van der Waals surface area contributed by atoms with Gasteiger partial charge in [0.25, 0.3) is 0 Å². The number of rotatable bonds is 11. The molecule has 1 fully saturated rings. The van der Waals surface area contributed by atoms with Crippen LogP contribution in [0.4, 0.5) is 0 Å². The van der Waals surface area contributed by atoms with Gasteiger partial charge >= 0.3 is 0 Å². The predicted molar refractivity (Wildman–Crippen MR) is 72.6 cm³/mol. The van der Waals surface area contributed by atoms with Crippen molar-refractivity contribution in [2.45, 2.75) is 77.6 Å². The highest BCUT2D eigenvalue weighted by molar-refractivity contribution is 5.73. The first-order chi connectivity index (χ1) is 8.20. The molecule has 2 unspecified atom stereocenters. The third-order valence-corrected chi connectivity index (χ3v) is 4.02. The highest BCUT2D eigenvalue weighted by atomic mass is 16.1. The van der Waals surface area contributed by atoms with Crippen LogP contribution in [0.25, 0.3) is 0 Å². The van der Waals surface area contributed by atoms with Gasteiger partial charge in [-0.05, 0) is 24.7 Å². The molecule has 0 spiro atoms. The average Bonchev–Trinajstić information content (AvgIpc) is 2.97. The van der Waals surface area contributed by atoms with E-state index in [1.54, 1.807) is 0 Å². The summed E-state index contributed by atoms with van der Waals surface area (Å²) in [6, 6.07) is 0. The molecular formula is C15H29NO. The molecular weight excluding hydrogens is 210 g/mol. The fraction of sp³-hybridized carbons (Fsp3) is 0.933. The number of amides is 1. The van der Waals surface area contributed by atoms with E-state index in [4.69, 9.17) is 5.73 Å². The van der Waals surface area contributed by atoms with Gasteiger partial charge in [0.1, 0.15) is 0 Å². The number of hydrogen-bond donors (Lipinski definition) is 1. The summed E-state index contributed by atoms with van der Waals surface area (Å²) in [4.78, 5) is 10.5. The highest BCUT2D eigenvalue weighted by Gasteiger charge is 2.31. The Bertz CT molecular complexity index is 215. The lowest BCUT2D eigenvalue weighted by Crippen LogP contribution is -2.09. The second kappa shape index (κ2) is 8.54. The first kappa shape index (κ1) is 14.5. The number of unbranched alkanes of at least 4 members (excludes halogenated alkanes) is 7. The minimum absolute atomic E-state index is 0.153. The molecule has 2 heteroatoms. The van der Waals surface area contributed by atoms with Crippen molar-refractivity contribution >= 4 is 5.91 Å². The Morgan fingerprint density at radius 1 is 1.00 bits per heavy atom. The molecule has 2 atom stereocenters. The molecule has 17 heavy (non-hydrogen) atoms. The van der Waals surface area contributed by atoms with Crippen LogP contribution in [0.2, 0.25) is 0 Å². The molecule has 100 valence electrons. The Balaban J connectivity index is 1.68. The predicted octanol–water partition coefficient (Wildman–Crippen LogP) is 4.03.